The van der Waals surface area contributed by atoms with Crippen molar-refractivity contribution in [1.29, 1.82) is 0 Å². The summed E-state index contributed by atoms with van der Waals surface area (Å²) in [6.07, 6.45) is -0.00541. The van der Waals surface area contributed by atoms with Crippen LogP contribution < -0.4 is 15.4 Å². The number of carbonyl (C=O) groups is 2. The lowest BCUT2D eigenvalue weighted by molar-refractivity contribution is -0.122. The molecule has 0 aromatic heterocycles. The molecule has 2 amide bonds. The van der Waals surface area contributed by atoms with Crippen LogP contribution in [0.25, 0.3) is 0 Å². The molecule has 26 heavy (non-hydrogen) atoms. The Bertz CT molecular complexity index is 762. The molecule has 2 aromatic rings. The molecule has 5 nitrogen and oxygen atoms in total. The molecular weight excluding hydrogens is 335 g/mol. The lowest BCUT2D eigenvalue weighted by Gasteiger charge is -2.17. The molecule has 0 bridgehead atoms. The number of rotatable bonds is 7. The van der Waals surface area contributed by atoms with Crippen molar-refractivity contribution in [1.82, 2.24) is 5.32 Å². The Balaban J connectivity index is 2.06. The molecule has 0 spiro atoms. The summed E-state index contributed by atoms with van der Waals surface area (Å²) < 4.78 is 18.4. The summed E-state index contributed by atoms with van der Waals surface area (Å²) >= 11 is 0. The van der Waals surface area contributed by atoms with Gasteiger partial charge in [-0.25, -0.2) is 4.39 Å². The predicted octanol–water partition coefficient (Wildman–Crippen LogP) is 3.76. The molecule has 2 aromatic carbocycles. The monoisotopic (exact) mass is 358 g/mol. The Morgan fingerprint density at radius 2 is 1.73 bits per heavy atom. The van der Waals surface area contributed by atoms with Gasteiger partial charge in [0.2, 0.25) is 0 Å². The minimum absolute atomic E-state index is 0.0343. The number of halogens is 1. The highest BCUT2D eigenvalue weighted by atomic mass is 19.1. The van der Waals surface area contributed by atoms with E-state index in [0.717, 1.165) is 6.42 Å². The van der Waals surface area contributed by atoms with Gasteiger partial charge in [-0.2, -0.15) is 0 Å². The van der Waals surface area contributed by atoms with E-state index in [2.05, 4.69) is 10.6 Å². The molecule has 0 aliphatic carbocycles. The summed E-state index contributed by atoms with van der Waals surface area (Å²) in [5.74, 6) is -0.645. The molecule has 0 saturated heterocycles. The number of benzene rings is 2. The number of hydrogen-bond acceptors (Lipinski definition) is 3. The lowest BCUT2D eigenvalue weighted by atomic mass is 10.1. The van der Waals surface area contributed by atoms with Crippen LogP contribution in [0.15, 0.2) is 48.5 Å². The number of amides is 2. The van der Waals surface area contributed by atoms with Crippen LogP contribution in [0.5, 0.6) is 5.75 Å². The van der Waals surface area contributed by atoms with Crippen molar-refractivity contribution < 1.29 is 18.7 Å². The molecule has 0 fully saturated rings. The van der Waals surface area contributed by atoms with E-state index in [-0.39, 0.29) is 17.8 Å². The number of hydrogen-bond donors (Lipinski definition) is 2. The smallest absolute Gasteiger partial charge is 0.265 e. The van der Waals surface area contributed by atoms with E-state index in [4.69, 9.17) is 4.74 Å². The maximum absolute atomic E-state index is 12.9. The number of anilines is 1. The van der Waals surface area contributed by atoms with Gasteiger partial charge in [0, 0.05) is 6.04 Å². The van der Waals surface area contributed by atoms with Crippen LogP contribution in [0.1, 0.15) is 37.6 Å². The van der Waals surface area contributed by atoms with E-state index in [1.165, 1.54) is 24.3 Å². The third-order valence-electron chi connectivity index (χ3n) is 3.92. The van der Waals surface area contributed by atoms with Crippen molar-refractivity contribution in [3.05, 3.63) is 59.9 Å². The summed E-state index contributed by atoms with van der Waals surface area (Å²) in [4.78, 5) is 24.8. The molecule has 0 heterocycles. The second kappa shape index (κ2) is 8.99. The molecule has 2 N–H and O–H groups in total. The van der Waals surface area contributed by atoms with Crippen LogP contribution in [0.2, 0.25) is 0 Å². The Hall–Kier alpha value is -2.89. The lowest BCUT2D eigenvalue weighted by Crippen LogP contribution is -2.34. The summed E-state index contributed by atoms with van der Waals surface area (Å²) in [6, 6.07) is 12.2. The van der Waals surface area contributed by atoms with Gasteiger partial charge in [0.05, 0.1) is 11.3 Å². The molecule has 0 saturated carbocycles. The van der Waals surface area contributed by atoms with Crippen molar-refractivity contribution in [2.75, 3.05) is 5.32 Å². The fraction of sp³-hybridized carbons (Fsp3) is 0.300. The van der Waals surface area contributed by atoms with E-state index in [1.54, 1.807) is 31.2 Å². The average molecular weight is 358 g/mol. The predicted molar refractivity (Wildman–Crippen MR) is 98.8 cm³/mol. The van der Waals surface area contributed by atoms with Crippen molar-refractivity contribution in [2.24, 2.45) is 0 Å². The van der Waals surface area contributed by atoms with Gasteiger partial charge in [0.1, 0.15) is 11.6 Å². The minimum atomic E-state index is -0.814. The van der Waals surface area contributed by atoms with Crippen LogP contribution in [0.4, 0.5) is 10.1 Å². The van der Waals surface area contributed by atoms with E-state index < -0.39 is 12.0 Å². The largest absolute Gasteiger partial charge is 0.481 e. The van der Waals surface area contributed by atoms with Gasteiger partial charge in [0.25, 0.3) is 11.8 Å². The number of nitrogens with one attached hydrogen (secondary N) is 2. The van der Waals surface area contributed by atoms with Crippen LogP contribution >= 0.6 is 0 Å². The first-order valence-corrected chi connectivity index (χ1v) is 8.53. The van der Waals surface area contributed by atoms with Gasteiger partial charge in [0.15, 0.2) is 6.10 Å². The SMILES string of the molecule is CCC(C)NC(=O)c1ccccc1NC(=O)C(C)Oc1ccc(F)cc1. The topological polar surface area (TPSA) is 67.4 Å². The standard InChI is InChI=1S/C20H23FN2O3/c1-4-13(2)22-20(25)17-7-5-6-8-18(17)23-19(24)14(3)26-16-11-9-15(21)10-12-16/h5-14H,4H2,1-3H3,(H,22,25)(H,23,24). The van der Waals surface area contributed by atoms with Gasteiger partial charge in [-0.1, -0.05) is 19.1 Å². The quantitative estimate of drug-likeness (QED) is 0.792. The molecule has 6 heteroatoms. The maximum Gasteiger partial charge on any atom is 0.265 e. The second-order valence-electron chi connectivity index (χ2n) is 6.03. The van der Waals surface area contributed by atoms with Crippen molar-refractivity contribution in [3.63, 3.8) is 0 Å². The van der Waals surface area contributed by atoms with Gasteiger partial charge in [-0.15, -0.1) is 0 Å². The highest BCUT2D eigenvalue weighted by Gasteiger charge is 2.19. The third-order valence-corrected chi connectivity index (χ3v) is 3.92. The Kier molecular flexibility index (Phi) is 6.72. The Morgan fingerprint density at radius 3 is 2.38 bits per heavy atom. The first kappa shape index (κ1) is 19.4. The third kappa shape index (κ3) is 5.31. The van der Waals surface area contributed by atoms with E-state index in [1.807, 2.05) is 13.8 Å². The zero-order valence-electron chi connectivity index (χ0n) is 15.1. The van der Waals surface area contributed by atoms with Gasteiger partial charge in [-0.3, -0.25) is 9.59 Å². The van der Waals surface area contributed by atoms with Crippen LogP contribution in [0.3, 0.4) is 0 Å². The van der Waals surface area contributed by atoms with Gasteiger partial charge >= 0.3 is 0 Å². The van der Waals surface area contributed by atoms with E-state index in [0.29, 0.717) is 17.0 Å². The van der Waals surface area contributed by atoms with Crippen molar-refractivity contribution >= 4 is 17.5 Å². The first-order chi connectivity index (χ1) is 12.4. The summed E-state index contributed by atoms with van der Waals surface area (Å²) in [5.41, 5.74) is 0.794. The van der Waals surface area contributed by atoms with E-state index >= 15 is 0 Å². The highest BCUT2D eigenvalue weighted by molar-refractivity contribution is 6.04. The van der Waals surface area contributed by atoms with Gasteiger partial charge < -0.3 is 15.4 Å². The fourth-order valence-electron chi connectivity index (χ4n) is 2.20. The Morgan fingerprint density at radius 1 is 1.08 bits per heavy atom. The van der Waals surface area contributed by atoms with Crippen molar-refractivity contribution in [3.8, 4) is 5.75 Å². The zero-order valence-corrected chi connectivity index (χ0v) is 15.1. The van der Waals surface area contributed by atoms with Crippen LogP contribution in [0, 0.1) is 5.82 Å². The molecule has 0 radical (unpaired) electrons. The molecule has 2 unspecified atom stereocenters. The number of ether oxygens (including phenoxy) is 1. The highest BCUT2D eigenvalue weighted by Crippen LogP contribution is 2.17. The zero-order chi connectivity index (χ0) is 19.1. The maximum atomic E-state index is 12.9. The summed E-state index contributed by atoms with van der Waals surface area (Å²) in [5, 5.41) is 5.59. The first-order valence-electron chi connectivity index (χ1n) is 8.53. The average Bonchev–Trinajstić information content (AvgIpc) is 2.63. The number of carbonyl (C=O) groups excluding carboxylic acids is 2. The summed E-state index contributed by atoms with van der Waals surface area (Å²) in [7, 11) is 0. The Labute approximate surface area is 152 Å². The summed E-state index contributed by atoms with van der Waals surface area (Å²) in [6.45, 7) is 5.48. The van der Waals surface area contributed by atoms with Gasteiger partial charge in [-0.05, 0) is 56.7 Å². The fourth-order valence-corrected chi connectivity index (χ4v) is 2.20. The molecule has 138 valence electrons. The van der Waals surface area contributed by atoms with E-state index in [9.17, 15) is 14.0 Å². The molecule has 0 aliphatic heterocycles. The van der Waals surface area contributed by atoms with Crippen LogP contribution in [-0.4, -0.2) is 24.0 Å². The molecule has 0 aliphatic rings. The molecule has 2 atom stereocenters. The van der Waals surface area contributed by atoms with Crippen LogP contribution in [-0.2, 0) is 4.79 Å². The van der Waals surface area contributed by atoms with Crippen molar-refractivity contribution in [2.45, 2.75) is 39.3 Å². The second-order valence-corrected chi connectivity index (χ2v) is 6.03. The molecular formula is C20H23FN2O3. The molecule has 2 rings (SSSR count). The minimum Gasteiger partial charge on any atom is -0.481 e. The normalized spacial score (nSPS) is 12.8. The number of para-hydroxylation sites is 1.